The third-order valence-electron chi connectivity index (χ3n) is 12.6. The lowest BCUT2D eigenvalue weighted by molar-refractivity contribution is -0.384. The summed E-state index contributed by atoms with van der Waals surface area (Å²) in [5, 5.41) is 36.3. The third-order valence-corrected chi connectivity index (χ3v) is 12.6. The van der Waals surface area contributed by atoms with E-state index in [0.717, 1.165) is 24.0 Å². The van der Waals surface area contributed by atoms with Crippen LogP contribution in [-0.2, 0) is 22.7 Å². The van der Waals surface area contributed by atoms with Gasteiger partial charge in [-0.2, -0.15) is 0 Å². The molecule has 0 saturated heterocycles. The number of nitro benzene ring substituents is 1. The molecule has 13 nitrogen and oxygen atoms in total. The topological polar surface area (TPSA) is 162 Å². The van der Waals surface area contributed by atoms with Crippen LogP contribution in [0.4, 0.5) is 19.3 Å². The number of benzene rings is 4. The van der Waals surface area contributed by atoms with E-state index in [1.165, 1.54) is 47.4 Å². The molecule has 6 atom stereocenters. The number of fused-ring (bicyclic) bond motifs is 2. The maximum atomic E-state index is 15.0. The quantitative estimate of drug-likeness (QED) is 0.0378. The number of halogens is 2. The number of carbonyl (C=O) groups excluding carboxylic acids is 1. The Morgan fingerprint density at radius 2 is 1.67 bits per heavy atom. The number of aliphatic hydroxyl groups excluding tert-OH is 2. The molecule has 1 heterocycles. The fourth-order valence-electron chi connectivity index (χ4n) is 9.59. The lowest BCUT2D eigenvalue weighted by Crippen LogP contribution is -2.70. The number of amides is 1. The van der Waals surface area contributed by atoms with Crippen LogP contribution in [0.25, 0.3) is 0 Å². The average molecular weight is 924 g/mol. The molecular weight excluding hydrogens is 865 g/mol. The maximum absolute atomic E-state index is 15.0. The molecule has 67 heavy (non-hydrogen) atoms. The first-order valence-electron chi connectivity index (χ1n) is 22.9. The van der Waals surface area contributed by atoms with Crippen molar-refractivity contribution in [2.24, 2.45) is 22.9 Å². The number of rotatable bonds is 20. The molecule has 4 aromatic carbocycles. The molecule has 7 rings (SSSR count). The summed E-state index contributed by atoms with van der Waals surface area (Å²) in [4.78, 5) is 33.7. The molecule has 15 heteroatoms. The van der Waals surface area contributed by atoms with Gasteiger partial charge >= 0.3 is 6.09 Å². The summed E-state index contributed by atoms with van der Waals surface area (Å²) in [6.07, 6.45) is 7.04. The van der Waals surface area contributed by atoms with Gasteiger partial charge in [0.2, 0.25) is 5.79 Å². The van der Waals surface area contributed by atoms with Gasteiger partial charge in [-0.05, 0) is 118 Å². The maximum Gasteiger partial charge on any atom is 0.416 e. The minimum absolute atomic E-state index is 0.00592. The minimum Gasteiger partial charge on any atom is -0.489 e. The number of non-ortho nitro benzene ring substituents is 1. The number of aliphatic hydroxyl groups is 2. The predicted molar refractivity (Wildman–Crippen MR) is 248 cm³/mol. The molecule has 1 aliphatic heterocycles. The van der Waals surface area contributed by atoms with E-state index in [2.05, 4.69) is 12.7 Å². The number of ether oxygens (including phenoxy) is 4. The number of carbonyl (C=O) groups is 1. The fourth-order valence-corrected chi connectivity index (χ4v) is 9.59. The molecule has 0 bridgehead atoms. The predicted octanol–water partition coefficient (Wildman–Crippen LogP) is 10.6. The minimum atomic E-state index is -1.67. The Labute approximate surface area is 389 Å². The number of allylic oxidation sites excluding steroid dienone is 1. The number of hydrogen-bond acceptors (Lipinski definition) is 11. The van der Waals surface area contributed by atoms with E-state index in [9.17, 15) is 33.9 Å². The van der Waals surface area contributed by atoms with E-state index < -0.39 is 46.1 Å². The first-order chi connectivity index (χ1) is 32.2. The Hall–Kier alpha value is -6.16. The largest absolute Gasteiger partial charge is 0.489 e. The Morgan fingerprint density at radius 1 is 0.970 bits per heavy atom. The SMILES string of the molecule is C=CCOC12Oc3ccc(OCc4ccccc4F)cc3C3C(CCCCO)C(CCCCO)C=C(C(=NOC(C)(C)C)CC1N(Cc1ccc(F)cc1)C(=O)Oc1ccc([N+](=O)[O-])cc1)C32. The molecule has 3 aliphatic rings. The molecular formula is C52H59F2N3O10. The molecule has 0 radical (unpaired) electrons. The summed E-state index contributed by atoms with van der Waals surface area (Å²) in [7, 11) is 0. The van der Waals surface area contributed by atoms with Gasteiger partial charge < -0.3 is 34.0 Å². The number of unbranched alkanes of at least 4 members (excludes halogenated alkanes) is 2. The molecule has 356 valence electrons. The Morgan fingerprint density at radius 3 is 2.34 bits per heavy atom. The number of nitro groups is 1. The van der Waals surface area contributed by atoms with Crippen molar-refractivity contribution in [1.29, 1.82) is 0 Å². The van der Waals surface area contributed by atoms with Gasteiger partial charge in [-0.15, -0.1) is 6.58 Å². The normalized spacial score (nSPS) is 22.4. The van der Waals surface area contributed by atoms with E-state index in [1.54, 1.807) is 48.5 Å². The van der Waals surface area contributed by atoms with Crippen LogP contribution in [0.5, 0.6) is 17.2 Å². The van der Waals surface area contributed by atoms with Crippen LogP contribution in [0.1, 0.15) is 88.3 Å². The van der Waals surface area contributed by atoms with E-state index in [1.807, 2.05) is 26.8 Å². The van der Waals surface area contributed by atoms with Gasteiger partial charge in [-0.25, -0.2) is 13.6 Å². The standard InChI is InChI=1S/C52H59F2N3O10/c1-5-28-64-52-47(56(32-34-16-18-37(53)19-17-34)50(60)65-39-22-20-38(21-23-39)57(61)62)31-45(55-67-51(2,3)4)42-29-35(12-8-10-26-58)41(14-9-11-27-59)48(49(42)52)43-30-40(24-25-46(43)66-52)63-33-36-13-6-7-15-44(36)54/h5-7,13,15-25,29-30,35,41,47-49,58-59H,1,8-12,14,26-28,31-33H2,2-4H3. The molecule has 4 aromatic rings. The van der Waals surface area contributed by atoms with Gasteiger partial charge in [0.05, 0.1) is 23.2 Å². The highest BCUT2D eigenvalue weighted by atomic mass is 19.1. The van der Waals surface area contributed by atoms with Crippen molar-refractivity contribution >= 4 is 17.5 Å². The molecule has 2 aliphatic carbocycles. The second-order valence-electron chi connectivity index (χ2n) is 18.2. The number of nitrogens with zero attached hydrogens (tertiary/aromatic N) is 3. The van der Waals surface area contributed by atoms with Crippen molar-refractivity contribution in [1.82, 2.24) is 4.90 Å². The van der Waals surface area contributed by atoms with Crippen molar-refractivity contribution in [2.75, 3.05) is 19.8 Å². The zero-order valence-corrected chi connectivity index (χ0v) is 38.2. The van der Waals surface area contributed by atoms with Crippen LogP contribution in [0.15, 0.2) is 120 Å². The Balaban J connectivity index is 1.45. The highest BCUT2D eigenvalue weighted by molar-refractivity contribution is 6.03. The van der Waals surface area contributed by atoms with Crippen LogP contribution in [0, 0.1) is 39.5 Å². The summed E-state index contributed by atoms with van der Waals surface area (Å²) in [5.74, 6) is -2.77. The first-order valence-corrected chi connectivity index (χ1v) is 22.9. The summed E-state index contributed by atoms with van der Waals surface area (Å²) in [5.41, 5.74) is 2.18. The second kappa shape index (κ2) is 21.6. The summed E-state index contributed by atoms with van der Waals surface area (Å²) < 4.78 is 55.9. The van der Waals surface area contributed by atoms with E-state index in [4.69, 9.17) is 28.9 Å². The summed E-state index contributed by atoms with van der Waals surface area (Å²) >= 11 is 0. The second-order valence-corrected chi connectivity index (χ2v) is 18.2. The van der Waals surface area contributed by atoms with Crippen LogP contribution in [-0.4, -0.2) is 69.1 Å². The number of oxime groups is 1. The van der Waals surface area contributed by atoms with Gasteiger partial charge in [0.15, 0.2) is 0 Å². The van der Waals surface area contributed by atoms with E-state index in [0.29, 0.717) is 54.0 Å². The zero-order chi connectivity index (χ0) is 47.7. The van der Waals surface area contributed by atoms with Crippen LogP contribution >= 0.6 is 0 Å². The summed E-state index contributed by atoms with van der Waals surface area (Å²) in [6, 6.07) is 21.8. The molecule has 0 aromatic heterocycles. The average Bonchev–Trinajstić information content (AvgIpc) is 3.30. The molecule has 1 saturated carbocycles. The van der Waals surface area contributed by atoms with Crippen LogP contribution < -0.4 is 14.2 Å². The van der Waals surface area contributed by atoms with Crippen LogP contribution in [0.2, 0.25) is 0 Å². The van der Waals surface area contributed by atoms with Gasteiger partial charge in [-0.1, -0.05) is 60.5 Å². The zero-order valence-electron chi connectivity index (χ0n) is 38.2. The first kappa shape index (κ1) is 48.8. The molecule has 6 unspecified atom stereocenters. The lowest BCUT2D eigenvalue weighted by atomic mass is 9.55. The van der Waals surface area contributed by atoms with Crippen molar-refractivity contribution < 1.29 is 52.5 Å². The Kier molecular flexibility index (Phi) is 15.8. The van der Waals surface area contributed by atoms with E-state index >= 15 is 0 Å². The molecule has 0 spiro atoms. The lowest BCUT2D eigenvalue weighted by Gasteiger charge is -2.60. The van der Waals surface area contributed by atoms with Crippen molar-refractivity contribution in [3.05, 3.63) is 154 Å². The van der Waals surface area contributed by atoms with Crippen LogP contribution in [0.3, 0.4) is 0 Å². The highest BCUT2D eigenvalue weighted by Crippen LogP contribution is 2.62. The monoisotopic (exact) mass is 923 g/mol. The van der Waals surface area contributed by atoms with Crippen molar-refractivity contribution in [2.45, 2.75) is 102 Å². The highest BCUT2D eigenvalue weighted by Gasteiger charge is 2.66. The fraction of sp³-hybridized carbons (Fsp3) is 0.423. The van der Waals surface area contributed by atoms with Gasteiger partial charge in [0.1, 0.15) is 47.1 Å². The van der Waals surface area contributed by atoms with Crippen molar-refractivity contribution in [3.63, 3.8) is 0 Å². The third kappa shape index (κ3) is 11.3. The Bertz CT molecular complexity index is 2420. The molecule has 2 N–H and O–H groups in total. The molecule has 1 fully saturated rings. The van der Waals surface area contributed by atoms with Gasteiger partial charge in [-0.3, -0.25) is 15.0 Å². The smallest absolute Gasteiger partial charge is 0.416 e. The van der Waals surface area contributed by atoms with E-state index in [-0.39, 0.29) is 68.5 Å². The number of hydrogen-bond donors (Lipinski definition) is 2. The van der Waals surface area contributed by atoms with Gasteiger partial charge in [0, 0.05) is 55.4 Å². The summed E-state index contributed by atoms with van der Waals surface area (Å²) in [6.45, 7) is 9.54. The van der Waals surface area contributed by atoms with Crippen molar-refractivity contribution in [3.8, 4) is 17.2 Å². The van der Waals surface area contributed by atoms with Gasteiger partial charge in [0.25, 0.3) is 5.69 Å². The molecule has 1 amide bonds.